The van der Waals surface area contributed by atoms with Gasteiger partial charge in [0.15, 0.2) is 0 Å². The van der Waals surface area contributed by atoms with Crippen molar-refractivity contribution in [3.8, 4) is 11.3 Å². The first-order chi connectivity index (χ1) is 15.6. The van der Waals surface area contributed by atoms with Crippen molar-refractivity contribution in [3.05, 3.63) is 51.0 Å². The molecule has 0 spiro atoms. The Morgan fingerprint density at radius 2 is 1.94 bits per heavy atom. The number of hydrogen-bond acceptors (Lipinski definition) is 7. The Balaban J connectivity index is 1.92. The lowest BCUT2D eigenvalue weighted by atomic mass is 10.1. The summed E-state index contributed by atoms with van der Waals surface area (Å²) in [7, 11) is -1.00. The molecule has 0 aliphatic carbocycles. The molecule has 0 unspecified atom stereocenters. The van der Waals surface area contributed by atoms with Crippen molar-refractivity contribution in [3.63, 3.8) is 0 Å². The predicted molar refractivity (Wildman–Crippen MR) is 127 cm³/mol. The molecular weight excluding hydrogens is 568 g/mol. The summed E-state index contributed by atoms with van der Waals surface area (Å²) in [5.74, 6) is -1.48. The normalized spacial score (nSPS) is 11.5. The number of furan rings is 1. The van der Waals surface area contributed by atoms with Crippen LogP contribution in [0, 0.1) is 9.39 Å². The number of aromatic nitrogens is 1. The van der Waals surface area contributed by atoms with Crippen molar-refractivity contribution in [2.45, 2.75) is 18.6 Å². The number of carbonyl (C=O) groups excluding carboxylic acids is 2. The number of amides is 1. The molecule has 0 fully saturated rings. The lowest BCUT2D eigenvalue weighted by molar-refractivity contribution is -0.140. The van der Waals surface area contributed by atoms with Gasteiger partial charge in [-0.05, 0) is 59.3 Å². The Morgan fingerprint density at radius 3 is 2.58 bits per heavy atom. The van der Waals surface area contributed by atoms with Gasteiger partial charge < -0.3 is 14.5 Å². The summed E-state index contributed by atoms with van der Waals surface area (Å²) in [6, 6.07) is 7.09. The zero-order valence-electron chi connectivity index (χ0n) is 17.8. The Hall–Kier alpha value is -2.58. The Bertz CT molecular complexity index is 1290. The summed E-state index contributed by atoms with van der Waals surface area (Å²) in [5.41, 5.74) is 1.03. The number of nitrogens with zero attached hydrogens (tertiary/aromatic N) is 1. The number of esters is 1. The highest BCUT2D eigenvalue weighted by molar-refractivity contribution is 14.1. The molecule has 2 N–H and O–H groups in total. The first-order valence-corrected chi connectivity index (χ1v) is 12.5. The highest BCUT2D eigenvalue weighted by Crippen LogP contribution is 2.34. The van der Waals surface area contributed by atoms with Gasteiger partial charge in [0.1, 0.15) is 17.3 Å². The number of hydrogen-bond donors (Lipinski definition) is 2. The van der Waals surface area contributed by atoms with Crippen LogP contribution in [0.25, 0.3) is 22.4 Å². The van der Waals surface area contributed by atoms with Crippen molar-refractivity contribution in [2.24, 2.45) is 0 Å². The first-order valence-electron chi connectivity index (χ1n) is 9.79. The number of fused-ring (bicyclic) bond motifs is 1. The molecule has 2 aromatic heterocycles. The number of halogens is 2. The average Bonchev–Trinajstić information content (AvgIpc) is 3.14. The summed E-state index contributed by atoms with van der Waals surface area (Å²) in [6.07, 6.45) is 0.395. The van der Waals surface area contributed by atoms with Gasteiger partial charge in [-0.3, -0.25) is 9.59 Å². The maximum Gasteiger partial charge on any atom is 0.305 e. The number of methoxy groups -OCH3 is 1. The molecule has 0 saturated heterocycles. The summed E-state index contributed by atoms with van der Waals surface area (Å²) < 4.78 is 51.6. The number of rotatable bonds is 9. The molecule has 9 nitrogen and oxygen atoms in total. The second kappa shape index (κ2) is 10.6. The maximum absolute atomic E-state index is 13.4. The molecule has 0 saturated carbocycles. The molecule has 0 radical (unpaired) electrons. The molecule has 0 bridgehead atoms. The van der Waals surface area contributed by atoms with Gasteiger partial charge in [0.05, 0.1) is 23.8 Å². The largest absolute Gasteiger partial charge is 0.469 e. The Kier molecular flexibility index (Phi) is 8.02. The fourth-order valence-electron chi connectivity index (χ4n) is 3.08. The van der Waals surface area contributed by atoms with Crippen molar-refractivity contribution in [2.75, 3.05) is 20.7 Å². The van der Waals surface area contributed by atoms with Crippen LogP contribution < -0.4 is 10.0 Å². The third-order valence-corrected chi connectivity index (χ3v) is 6.93. The number of pyridine rings is 1. The molecule has 1 aromatic carbocycles. The molecule has 0 atom stereocenters. The van der Waals surface area contributed by atoms with E-state index in [2.05, 4.69) is 19.8 Å². The van der Waals surface area contributed by atoms with E-state index in [4.69, 9.17) is 4.42 Å². The van der Waals surface area contributed by atoms with Crippen molar-refractivity contribution < 1.29 is 31.6 Å². The number of benzene rings is 1. The lowest BCUT2D eigenvalue weighted by Crippen LogP contribution is -2.27. The van der Waals surface area contributed by atoms with Gasteiger partial charge in [0.2, 0.25) is 15.7 Å². The van der Waals surface area contributed by atoms with Gasteiger partial charge in [0.25, 0.3) is 5.91 Å². The van der Waals surface area contributed by atoms with E-state index in [0.29, 0.717) is 20.9 Å². The summed E-state index contributed by atoms with van der Waals surface area (Å²) in [5, 5.41) is 2.96. The maximum atomic E-state index is 13.4. The third kappa shape index (κ3) is 6.06. The van der Waals surface area contributed by atoms with Crippen LogP contribution in [0.3, 0.4) is 0 Å². The van der Waals surface area contributed by atoms with Crippen LogP contribution in [-0.2, 0) is 25.3 Å². The molecule has 1 amide bonds. The fourth-order valence-corrected chi connectivity index (χ4v) is 5.10. The highest BCUT2D eigenvalue weighted by atomic mass is 127. The SMILES string of the molecule is CNC(=O)c1c(-c2ccc(F)cc2)oc2nc(CS(=O)(=O)NCCCC(=O)OC)c(I)cc12. The lowest BCUT2D eigenvalue weighted by Gasteiger charge is -2.08. The monoisotopic (exact) mass is 589 g/mol. The van der Waals surface area contributed by atoms with Crippen LogP contribution in [0.2, 0.25) is 0 Å². The number of sulfonamides is 1. The van der Waals surface area contributed by atoms with Gasteiger partial charge in [-0.1, -0.05) is 0 Å². The topological polar surface area (TPSA) is 128 Å². The second-order valence-corrected chi connectivity index (χ2v) is 9.96. The van der Waals surface area contributed by atoms with Crippen molar-refractivity contribution >= 4 is 55.6 Å². The van der Waals surface area contributed by atoms with E-state index in [9.17, 15) is 22.4 Å². The quantitative estimate of drug-likeness (QED) is 0.223. The van der Waals surface area contributed by atoms with E-state index in [1.54, 1.807) is 6.07 Å². The number of ether oxygens (including phenoxy) is 1. The van der Waals surface area contributed by atoms with Crippen LogP contribution >= 0.6 is 22.6 Å². The van der Waals surface area contributed by atoms with E-state index >= 15 is 0 Å². The summed E-state index contributed by atoms with van der Waals surface area (Å²) >= 11 is 1.95. The van der Waals surface area contributed by atoms with Crippen LogP contribution in [0.4, 0.5) is 4.39 Å². The van der Waals surface area contributed by atoms with Crippen LogP contribution in [0.1, 0.15) is 28.9 Å². The number of carbonyl (C=O) groups is 2. The predicted octanol–water partition coefficient (Wildman–Crippen LogP) is 2.97. The fraction of sp³-hybridized carbons (Fsp3) is 0.286. The van der Waals surface area contributed by atoms with Gasteiger partial charge in [-0.15, -0.1) is 0 Å². The third-order valence-electron chi connectivity index (χ3n) is 4.70. The molecular formula is C21H21FIN3O6S. The smallest absolute Gasteiger partial charge is 0.305 e. The van der Waals surface area contributed by atoms with Crippen molar-refractivity contribution in [1.29, 1.82) is 0 Å². The van der Waals surface area contributed by atoms with E-state index < -0.39 is 33.5 Å². The molecule has 0 aliphatic heterocycles. The second-order valence-electron chi connectivity index (χ2n) is 6.99. The van der Waals surface area contributed by atoms with E-state index in [-0.39, 0.29) is 35.7 Å². The molecule has 0 aliphatic rings. The average molecular weight is 589 g/mol. The minimum absolute atomic E-state index is 0.0759. The standard InChI is InChI=1S/C21H21FIN3O6S/c1-24-20(28)18-14-10-15(23)16(11-33(29,30)25-9-3-4-17(27)31-2)26-21(14)32-19(18)12-5-7-13(22)8-6-12/h5-8,10,25H,3-4,9,11H2,1-2H3,(H,24,28). The molecule has 176 valence electrons. The Morgan fingerprint density at radius 1 is 1.24 bits per heavy atom. The summed E-state index contributed by atoms with van der Waals surface area (Å²) in [6.45, 7) is 0.0759. The van der Waals surface area contributed by atoms with Crippen LogP contribution in [0.5, 0.6) is 0 Å². The van der Waals surface area contributed by atoms with E-state index in [1.807, 2.05) is 22.6 Å². The van der Waals surface area contributed by atoms with Gasteiger partial charge >= 0.3 is 5.97 Å². The summed E-state index contributed by atoms with van der Waals surface area (Å²) in [4.78, 5) is 28.1. The highest BCUT2D eigenvalue weighted by Gasteiger charge is 2.25. The zero-order valence-corrected chi connectivity index (χ0v) is 20.8. The van der Waals surface area contributed by atoms with Gasteiger partial charge in [0, 0.05) is 29.1 Å². The minimum atomic E-state index is -3.74. The van der Waals surface area contributed by atoms with Crippen LogP contribution in [0.15, 0.2) is 34.7 Å². The minimum Gasteiger partial charge on any atom is -0.469 e. The molecule has 3 rings (SSSR count). The van der Waals surface area contributed by atoms with E-state index in [1.165, 1.54) is 38.4 Å². The first kappa shape index (κ1) is 25.1. The molecule has 33 heavy (non-hydrogen) atoms. The van der Waals surface area contributed by atoms with Crippen molar-refractivity contribution in [1.82, 2.24) is 15.0 Å². The van der Waals surface area contributed by atoms with Crippen LogP contribution in [-0.4, -0.2) is 46.0 Å². The zero-order chi connectivity index (χ0) is 24.2. The molecule has 2 heterocycles. The number of nitrogens with one attached hydrogen (secondary N) is 2. The van der Waals surface area contributed by atoms with E-state index in [0.717, 1.165) is 0 Å². The molecule has 3 aromatic rings. The van der Waals surface area contributed by atoms with Gasteiger partial charge in [-0.25, -0.2) is 22.5 Å². The van der Waals surface area contributed by atoms with Gasteiger partial charge in [-0.2, -0.15) is 0 Å². The molecule has 12 heteroatoms. The Labute approximate surface area is 203 Å².